The predicted octanol–water partition coefficient (Wildman–Crippen LogP) is 3.58. The lowest BCUT2D eigenvalue weighted by atomic mass is 9.62. The lowest BCUT2D eigenvalue weighted by Gasteiger charge is -2.37. The SMILES string of the molecule is CC(C)(C)C[C@H]1N[C@@H](C(=O)NCCN2CCN(S(C)(=O)=O)CC2)[C@H](c2cccc(Cl)c2F)[C@@]12C(=O)Nc1cc(Cl)ccc12. The van der Waals surface area contributed by atoms with Crippen molar-refractivity contribution in [3.8, 4) is 0 Å². The van der Waals surface area contributed by atoms with E-state index in [2.05, 4.69) is 41.6 Å². The van der Waals surface area contributed by atoms with E-state index < -0.39 is 39.3 Å². The van der Waals surface area contributed by atoms with Gasteiger partial charge in [0.1, 0.15) is 11.2 Å². The topological polar surface area (TPSA) is 111 Å². The van der Waals surface area contributed by atoms with Gasteiger partial charge >= 0.3 is 0 Å². The fraction of sp³-hybridized carbons (Fsp3) is 0.533. The third-order valence-electron chi connectivity index (χ3n) is 8.75. The molecule has 234 valence electrons. The van der Waals surface area contributed by atoms with Crippen LogP contribution in [-0.2, 0) is 25.0 Å². The summed E-state index contributed by atoms with van der Waals surface area (Å²) in [6, 6.07) is 8.39. The Morgan fingerprint density at radius 1 is 1.14 bits per heavy atom. The summed E-state index contributed by atoms with van der Waals surface area (Å²) in [5, 5.41) is 9.81. The summed E-state index contributed by atoms with van der Waals surface area (Å²) in [5.41, 5.74) is -0.168. The highest BCUT2D eigenvalue weighted by molar-refractivity contribution is 7.88. The lowest BCUT2D eigenvalue weighted by Crippen LogP contribution is -2.51. The van der Waals surface area contributed by atoms with Crippen molar-refractivity contribution in [1.82, 2.24) is 19.8 Å². The minimum atomic E-state index is -3.24. The summed E-state index contributed by atoms with van der Waals surface area (Å²) in [7, 11) is -3.24. The molecular formula is C30H38Cl2FN5O4S. The van der Waals surface area contributed by atoms with E-state index >= 15 is 4.39 Å². The van der Waals surface area contributed by atoms with Gasteiger partial charge in [0, 0.05) is 61.9 Å². The first-order valence-corrected chi connectivity index (χ1v) is 17.0. The van der Waals surface area contributed by atoms with Crippen LogP contribution in [0.3, 0.4) is 0 Å². The monoisotopic (exact) mass is 653 g/mol. The average Bonchev–Trinajstić information content (AvgIpc) is 3.39. The molecule has 3 N–H and O–H groups in total. The molecule has 0 aromatic heterocycles. The van der Waals surface area contributed by atoms with E-state index in [1.54, 1.807) is 30.3 Å². The average molecular weight is 655 g/mol. The number of carbonyl (C=O) groups is 2. The second kappa shape index (κ2) is 11.9. The number of carbonyl (C=O) groups excluding carboxylic acids is 2. The van der Waals surface area contributed by atoms with Gasteiger partial charge in [0.15, 0.2) is 0 Å². The number of hydrogen-bond donors (Lipinski definition) is 3. The first kappa shape index (κ1) is 32.1. The molecular weight excluding hydrogens is 616 g/mol. The third-order valence-corrected chi connectivity index (χ3v) is 10.6. The van der Waals surface area contributed by atoms with Crippen molar-refractivity contribution in [3.05, 3.63) is 63.4 Å². The highest BCUT2D eigenvalue weighted by Crippen LogP contribution is 2.57. The van der Waals surface area contributed by atoms with E-state index in [1.807, 2.05) is 0 Å². The maximum absolute atomic E-state index is 15.9. The Morgan fingerprint density at radius 3 is 2.49 bits per heavy atom. The van der Waals surface area contributed by atoms with E-state index in [9.17, 15) is 18.0 Å². The van der Waals surface area contributed by atoms with Crippen LogP contribution in [0, 0.1) is 11.2 Å². The number of nitrogens with zero attached hydrogens (tertiary/aromatic N) is 2. The smallest absolute Gasteiger partial charge is 0.237 e. The summed E-state index contributed by atoms with van der Waals surface area (Å²) in [6.45, 7) is 8.89. The molecule has 0 unspecified atom stereocenters. The number of benzene rings is 2. The molecule has 0 radical (unpaired) electrons. The van der Waals surface area contributed by atoms with Crippen LogP contribution in [0.5, 0.6) is 0 Å². The van der Waals surface area contributed by atoms with E-state index in [-0.39, 0.29) is 27.8 Å². The van der Waals surface area contributed by atoms with Crippen LogP contribution in [0.1, 0.15) is 44.2 Å². The van der Waals surface area contributed by atoms with Gasteiger partial charge in [-0.2, -0.15) is 4.31 Å². The predicted molar refractivity (Wildman–Crippen MR) is 167 cm³/mol. The summed E-state index contributed by atoms with van der Waals surface area (Å²) < 4.78 is 41.0. The van der Waals surface area contributed by atoms with E-state index in [0.717, 1.165) is 0 Å². The van der Waals surface area contributed by atoms with Crippen molar-refractivity contribution in [2.24, 2.45) is 5.41 Å². The third kappa shape index (κ3) is 6.17. The van der Waals surface area contributed by atoms with Crippen LogP contribution in [0.4, 0.5) is 10.1 Å². The Bertz CT molecular complexity index is 1530. The summed E-state index contributed by atoms with van der Waals surface area (Å²) in [5.74, 6) is -2.26. The van der Waals surface area contributed by atoms with Crippen molar-refractivity contribution in [2.75, 3.05) is 50.8 Å². The Kier molecular flexibility index (Phi) is 8.90. The molecule has 3 heterocycles. The van der Waals surface area contributed by atoms with Gasteiger partial charge in [-0.05, 0) is 41.2 Å². The lowest BCUT2D eigenvalue weighted by molar-refractivity contribution is -0.124. The van der Waals surface area contributed by atoms with Crippen molar-refractivity contribution in [2.45, 2.75) is 50.6 Å². The molecule has 0 aliphatic carbocycles. The van der Waals surface area contributed by atoms with Crippen LogP contribution in [0.15, 0.2) is 36.4 Å². The molecule has 5 rings (SSSR count). The Morgan fingerprint density at radius 2 is 1.84 bits per heavy atom. The van der Waals surface area contributed by atoms with Gasteiger partial charge < -0.3 is 16.0 Å². The number of nitrogens with one attached hydrogen (secondary N) is 3. The first-order valence-electron chi connectivity index (χ1n) is 14.4. The van der Waals surface area contributed by atoms with Crippen LogP contribution in [0.2, 0.25) is 10.0 Å². The van der Waals surface area contributed by atoms with Crippen LogP contribution in [0.25, 0.3) is 0 Å². The maximum Gasteiger partial charge on any atom is 0.237 e. The number of amides is 2. The summed E-state index contributed by atoms with van der Waals surface area (Å²) in [4.78, 5) is 30.3. The molecule has 4 atom stereocenters. The molecule has 2 saturated heterocycles. The molecule has 2 fully saturated rings. The number of piperazine rings is 1. The molecule has 2 aromatic carbocycles. The largest absolute Gasteiger partial charge is 0.353 e. The number of halogens is 3. The molecule has 9 nitrogen and oxygen atoms in total. The number of hydrogen-bond acceptors (Lipinski definition) is 6. The van der Waals surface area contributed by atoms with Gasteiger partial charge in [0.05, 0.1) is 17.3 Å². The van der Waals surface area contributed by atoms with Gasteiger partial charge in [-0.1, -0.05) is 62.2 Å². The Labute approximate surface area is 262 Å². The molecule has 3 aliphatic heterocycles. The van der Waals surface area contributed by atoms with Gasteiger partial charge in [-0.25, -0.2) is 12.8 Å². The fourth-order valence-corrected chi connectivity index (χ4v) is 8.06. The van der Waals surface area contributed by atoms with Crippen molar-refractivity contribution in [3.63, 3.8) is 0 Å². The summed E-state index contributed by atoms with van der Waals surface area (Å²) in [6.07, 6.45) is 1.73. The van der Waals surface area contributed by atoms with Crippen molar-refractivity contribution >= 4 is 50.7 Å². The molecule has 1 spiro atoms. The normalized spacial score (nSPS) is 26.5. The molecule has 0 bridgehead atoms. The number of fused-ring (bicyclic) bond motifs is 2. The zero-order valence-corrected chi connectivity index (χ0v) is 27.0. The van der Waals surface area contributed by atoms with Gasteiger partial charge in [0.25, 0.3) is 0 Å². The second-order valence-corrected chi connectivity index (χ2v) is 15.7. The first-order chi connectivity index (χ1) is 20.1. The molecule has 0 saturated carbocycles. The highest BCUT2D eigenvalue weighted by atomic mass is 35.5. The van der Waals surface area contributed by atoms with E-state index in [4.69, 9.17) is 23.2 Å². The van der Waals surface area contributed by atoms with Crippen molar-refractivity contribution in [1.29, 1.82) is 0 Å². The zero-order chi connectivity index (χ0) is 31.3. The summed E-state index contributed by atoms with van der Waals surface area (Å²) >= 11 is 12.6. The fourth-order valence-electron chi connectivity index (χ4n) is 6.88. The van der Waals surface area contributed by atoms with Gasteiger partial charge in [-0.3, -0.25) is 14.5 Å². The molecule has 3 aliphatic rings. The minimum absolute atomic E-state index is 0.0888. The van der Waals surface area contributed by atoms with Gasteiger partial charge in [0.2, 0.25) is 21.8 Å². The van der Waals surface area contributed by atoms with Crippen LogP contribution >= 0.6 is 23.2 Å². The van der Waals surface area contributed by atoms with Gasteiger partial charge in [-0.15, -0.1) is 0 Å². The minimum Gasteiger partial charge on any atom is -0.353 e. The van der Waals surface area contributed by atoms with E-state index in [0.29, 0.717) is 62.0 Å². The van der Waals surface area contributed by atoms with Crippen molar-refractivity contribution < 1.29 is 22.4 Å². The zero-order valence-electron chi connectivity index (χ0n) is 24.7. The number of anilines is 1. The standard InChI is InChI=1S/C30H38Cl2FN5O4S/c1-29(2,3)17-23-30(20-9-8-18(31)16-22(20)35-28(30)40)24(19-6-5-7-21(32)25(19)33)26(36-23)27(39)34-10-11-37-12-14-38(15-13-37)43(4,41)42/h5-9,16,23-24,26,36H,10-15,17H2,1-4H3,(H,34,39)(H,35,40)/t23-,24+,26-,30+/m1/s1. The highest BCUT2D eigenvalue weighted by Gasteiger charge is 2.66. The van der Waals surface area contributed by atoms with Crippen LogP contribution < -0.4 is 16.0 Å². The molecule has 43 heavy (non-hydrogen) atoms. The molecule has 13 heteroatoms. The molecule has 2 aromatic rings. The van der Waals surface area contributed by atoms with E-state index in [1.165, 1.54) is 16.6 Å². The molecule has 2 amide bonds. The number of sulfonamides is 1. The number of rotatable bonds is 7. The Balaban J connectivity index is 1.48. The van der Waals surface area contributed by atoms with Crippen LogP contribution in [-0.4, -0.2) is 87.0 Å². The second-order valence-electron chi connectivity index (χ2n) is 12.9. The quantitative estimate of drug-likeness (QED) is 0.421. The maximum atomic E-state index is 15.9. The Hall–Kier alpha value is -2.28.